The van der Waals surface area contributed by atoms with Crippen LogP contribution in [0.3, 0.4) is 0 Å². The summed E-state index contributed by atoms with van der Waals surface area (Å²) in [7, 11) is -2.41. The number of anilines is 1. The smallest absolute Gasteiger partial charge is 0.243 e. The third-order valence-corrected chi connectivity index (χ3v) is 7.52. The van der Waals surface area contributed by atoms with Crippen LogP contribution in [0.15, 0.2) is 29.2 Å². The van der Waals surface area contributed by atoms with Gasteiger partial charge in [-0.25, -0.2) is 8.42 Å². The van der Waals surface area contributed by atoms with E-state index in [2.05, 4.69) is 5.32 Å². The van der Waals surface area contributed by atoms with E-state index in [1.807, 2.05) is 20.8 Å². The molecule has 5 nitrogen and oxygen atoms in total. The van der Waals surface area contributed by atoms with Crippen LogP contribution in [-0.2, 0) is 14.8 Å². The number of carbonyl (C=O) groups excluding carboxylic acids is 1. The van der Waals surface area contributed by atoms with Gasteiger partial charge in [-0.3, -0.25) is 4.79 Å². The molecule has 7 heteroatoms. The van der Waals surface area contributed by atoms with Crippen molar-refractivity contribution in [2.45, 2.75) is 39.5 Å². The van der Waals surface area contributed by atoms with Crippen LogP contribution in [0.4, 0.5) is 5.69 Å². The highest BCUT2D eigenvalue weighted by atomic mass is 35.5. The Bertz CT molecular complexity index is 972. The quantitative estimate of drug-likeness (QED) is 0.808. The zero-order chi connectivity index (χ0) is 20.5. The molecule has 0 aliphatic heterocycles. The predicted octanol–water partition coefficient (Wildman–Crippen LogP) is 4.14. The third kappa shape index (κ3) is 4.18. The van der Waals surface area contributed by atoms with Crippen LogP contribution in [0.1, 0.15) is 27.8 Å². The van der Waals surface area contributed by atoms with Crippen molar-refractivity contribution in [2.75, 3.05) is 18.9 Å². The van der Waals surface area contributed by atoms with Crippen LogP contribution in [0.2, 0.25) is 5.02 Å². The predicted molar refractivity (Wildman–Crippen MR) is 110 cm³/mol. The van der Waals surface area contributed by atoms with Gasteiger partial charge < -0.3 is 5.32 Å². The fourth-order valence-electron chi connectivity index (χ4n) is 3.05. The van der Waals surface area contributed by atoms with E-state index in [-0.39, 0.29) is 11.4 Å². The maximum atomic E-state index is 13.2. The van der Waals surface area contributed by atoms with Crippen molar-refractivity contribution < 1.29 is 13.2 Å². The number of likely N-dealkylation sites (N-methyl/N-ethyl adjacent to an activating group) is 1. The number of amides is 1. The van der Waals surface area contributed by atoms with Gasteiger partial charge in [0.05, 0.1) is 22.2 Å². The number of halogens is 1. The molecule has 2 rings (SSSR count). The summed E-state index contributed by atoms with van der Waals surface area (Å²) in [6.07, 6.45) is 0. The molecule has 1 amide bonds. The lowest BCUT2D eigenvalue weighted by atomic mass is 9.95. The number of nitrogens with zero attached hydrogens (tertiary/aromatic N) is 1. The van der Waals surface area contributed by atoms with E-state index in [0.29, 0.717) is 21.8 Å². The molecule has 27 heavy (non-hydrogen) atoms. The van der Waals surface area contributed by atoms with E-state index >= 15 is 0 Å². The highest BCUT2D eigenvalue weighted by molar-refractivity contribution is 7.89. The van der Waals surface area contributed by atoms with E-state index in [1.165, 1.54) is 7.05 Å². The SMILES string of the molecule is Cc1c(C)c(C)c(S(=O)(=O)N(C)CC(=O)Nc2ccccc2Cl)c(C)c1C. The molecule has 0 aromatic heterocycles. The second kappa shape index (κ2) is 8.00. The summed E-state index contributed by atoms with van der Waals surface area (Å²) < 4.78 is 27.4. The van der Waals surface area contributed by atoms with Crippen LogP contribution in [0.5, 0.6) is 0 Å². The summed E-state index contributed by atoms with van der Waals surface area (Å²) in [5.41, 5.74) is 4.87. The molecule has 1 N–H and O–H groups in total. The minimum Gasteiger partial charge on any atom is -0.324 e. The first kappa shape index (κ1) is 21.4. The van der Waals surface area contributed by atoms with Gasteiger partial charge in [-0.05, 0) is 74.6 Å². The second-order valence-electron chi connectivity index (χ2n) is 6.74. The van der Waals surface area contributed by atoms with Crippen LogP contribution in [-0.4, -0.2) is 32.2 Å². The molecule has 0 heterocycles. The first-order valence-corrected chi connectivity index (χ1v) is 10.4. The van der Waals surface area contributed by atoms with Gasteiger partial charge in [-0.1, -0.05) is 23.7 Å². The fraction of sp³-hybridized carbons (Fsp3) is 0.350. The molecule has 0 unspecified atom stereocenters. The minimum absolute atomic E-state index is 0.274. The van der Waals surface area contributed by atoms with E-state index in [4.69, 9.17) is 11.6 Å². The largest absolute Gasteiger partial charge is 0.324 e. The van der Waals surface area contributed by atoms with Gasteiger partial charge >= 0.3 is 0 Å². The third-order valence-electron chi connectivity index (χ3n) is 5.11. The molecular formula is C20H25ClN2O3S. The lowest BCUT2D eigenvalue weighted by molar-refractivity contribution is -0.116. The summed E-state index contributed by atoms with van der Waals surface area (Å²) in [5, 5.41) is 3.04. The normalized spacial score (nSPS) is 11.7. The zero-order valence-electron chi connectivity index (χ0n) is 16.5. The molecule has 2 aromatic rings. The highest BCUT2D eigenvalue weighted by Gasteiger charge is 2.28. The molecule has 0 fully saturated rings. The topological polar surface area (TPSA) is 66.5 Å². The molecule has 2 aromatic carbocycles. The number of nitrogens with one attached hydrogen (secondary N) is 1. The molecule has 0 saturated heterocycles. The van der Waals surface area contributed by atoms with Gasteiger partial charge in [0.15, 0.2) is 0 Å². The van der Waals surface area contributed by atoms with Crippen molar-refractivity contribution in [1.82, 2.24) is 4.31 Å². The van der Waals surface area contributed by atoms with E-state index < -0.39 is 15.9 Å². The van der Waals surface area contributed by atoms with Crippen LogP contribution in [0.25, 0.3) is 0 Å². The Morgan fingerprint density at radius 1 is 0.963 bits per heavy atom. The Labute approximate surface area is 166 Å². The summed E-state index contributed by atoms with van der Waals surface area (Å²) in [6.45, 7) is 9.12. The summed E-state index contributed by atoms with van der Waals surface area (Å²) >= 11 is 6.04. The van der Waals surface area contributed by atoms with Crippen molar-refractivity contribution in [3.8, 4) is 0 Å². The molecule has 0 aliphatic carbocycles. The minimum atomic E-state index is -3.82. The average Bonchev–Trinajstić information content (AvgIpc) is 2.60. The summed E-state index contributed by atoms with van der Waals surface area (Å²) in [6, 6.07) is 6.81. The molecule has 0 bridgehead atoms. The van der Waals surface area contributed by atoms with Gasteiger partial charge in [-0.15, -0.1) is 0 Å². The van der Waals surface area contributed by atoms with Gasteiger partial charge in [0.2, 0.25) is 15.9 Å². The number of carbonyl (C=O) groups is 1. The molecular weight excluding hydrogens is 384 g/mol. The first-order valence-electron chi connectivity index (χ1n) is 8.56. The highest BCUT2D eigenvalue weighted by Crippen LogP contribution is 2.31. The molecule has 0 spiro atoms. The van der Waals surface area contributed by atoms with Gasteiger partial charge in [-0.2, -0.15) is 4.31 Å². The van der Waals surface area contributed by atoms with Crippen molar-refractivity contribution >= 4 is 33.2 Å². The lowest BCUT2D eigenvalue weighted by Gasteiger charge is -2.23. The Morgan fingerprint density at radius 3 is 1.96 bits per heavy atom. The number of sulfonamides is 1. The Kier molecular flexibility index (Phi) is 6.35. The standard InChI is InChI=1S/C20H25ClN2O3S/c1-12-13(2)15(4)20(16(5)14(12)3)27(25,26)23(6)11-19(24)22-18-10-8-7-9-17(18)21/h7-10H,11H2,1-6H3,(H,22,24). The summed E-state index contributed by atoms with van der Waals surface area (Å²) in [4.78, 5) is 12.6. The number of hydrogen-bond donors (Lipinski definition) is 1. The van der Waals surface area contributed by atoms with Crippen molar-refractivity contribution in [3.63, 3.8) is 0 Å². The van der Waals surface area contributed by atoms with Gasteiger partial charge in [0, 0.05) is 7.05 Å². The lowest BCUT2D eigenvalue weighted by Crippen LogP contribution is -2.36. The maximum Gasteiger partial charge on any atom is 0.243 e. The molecule has 0 atom stereocenters. The van der Waals surface area contributed by atoms with Crippen LogP contribution >= 0.6 is 11.6 Å². The van der Waals surface area contributed by atoms with Crippen LogP contribution < -0.4 is 5.32 Å². The molecule has 146 valence electrons. The summed E-state index contributed by atoms with van der Waals surface area (Å²) in [5.74, 6) is -0.454. The number of hydrogen-bond acceptors (Lipinski definition) is 3. The van der Waals surface area contributed by atoms with E-state index in [0.717, 1.165) is 21.0 Å². The monoisotopic (exact) mass is 408 g/mol. The van der Waals surface area contributed by atoms with Gasteiger partial charge in [0.25, 0.3) is 0 Å². The fourth-order valence-corrected chi connectivity index (χ4v) is 4.91. The van der Waals surface area contributed by atoms with Crippen molar-refractivity contribution in [3.05, 3.63) is 57.1 Å². The van der Waals surface area contributed by atoms with E-state index in [9.17, 15) is 13.2 Å². The number of benzene rings is 2. The van der Waals surface area contributed by atoms with Crippen LogP contribution in [0, 0.1) is 34.6 Å². The Balaban J connectivity index is 2.32. The Hall–Kier alpha value is -1.89. The second-order valence-corrected chi connectivity index (χ2v) is 9.13. The number of para-hydroxylation sites is 1. The van der Waals surface area contributed by atoms with E-state index in [1.54, 1.807) is 38.1 Å². The molecule has 0 aliphatic rings. The average molecular weight is 409 g/mol. The molecule has 0 radical (unpaired) electrons. The maximum absolute atomic E-state index is 13.2. The van der Waals surface area contributed by atoms with Gasteiger partial charge in [0.1, 0.15) is 0 Å². The zero-order valence-corrected chi connectivity index (χ0v) is 18.0. The Morgan fingerprint density at radius 2 is 1.44 bits per heavy atom. The van der Waals surface area contributed by atoms with Crippen molar-refractivity contribution in [1.29, 1.82) is 0 Å². The van der Waals surface area contributed by atoms with Crippen molar-refractivity contribution in [2.24, 2.45) is 0 Å². The number of rotatable bonds is 5. The first-order chi connectivity index (χ1) is 12.5. The molecule has 0 saturated carbocycles.